The van der Waals surface area contributed by atoms with Gasteiger partial charge in [0.25, 0.3) is 0 Å². The molecule has 1 aromatic heterocycles. The molecule has 4 nitrogen and oxygen atoms in total. The summed E-state index contributed by atoms with van der Waals surface area (Å²) in [6.45, 7) is 3.89. The molecule has 21 heavy (non-hydrogen) atoms. The van der Waals surface area contributed by atoms with Gasteiger partial charge in [0.05, 0.1) is 11.0 Å². The van der Waals surface area contributed by atoms with E-state index in [0.29, 0.717) is 12.3 Å². The number of fused-ring (bicyclic) bond motifs is 1. The van der Waals surface area contributed by atoms with E-state index >= 15 is 0 Å². The molecule has 0 unspecified atom stereocenters. The van der Waals surface area contributed by atoms with Crippen LogP contribution < -0.4 is 4.90 Å². The molecule has 0 bridgehead atoms. The molecule has 0 N–H and O–H groups in total. The van der Waals surface area contributed by atoms with E-state index < -0.39 is 0 Å². The van der Waals surface area contributed by atoms with Gasteiger partial charge in [-0.05, 0) is 31.5 Å². The van der Waals surface area contributed by atoms with Gasteiger partial charge in [-0.25, -0.2) is 4.98 Å². The third-order valence-electron chi connectivity index (χ3n) is 3.78. The Balaban J connectivity index is 2.28. The number of unbranched alkanes of at least 4 members (excludes halogenated alkanes) is 1. The van der Waals surface area contributed by atoms with Gasteiger partial charge in [-0.2, -0.15) is 0 Å². The molecule has 0 radical (unpaired) electrons. The van der Waals surface area contributed by atoms with Crippen LogP contribution in [-0.4, -0.2) is 34.8 Å². The Labute approximate surface area is 130 Å². The molecule has 5 heteroatoms. The van der Waals surface area contributed by atoms with Crippen molar-refractivity contribution < 1.29 is 4.79 Å². The van der Waals surface area contributed by atoms with Gasteiger partial charge in [-0.3, -0.25) is 0 Å². The largest absolute Gasteiger partial charge is 0.371 e. The second kappa shape index (κ2) is 7.46. The van der Waals surface area contributed by atoms with Gasteiger partial charge in [0.1, 0.15) is 12.1 Å². The van der Waals surface area contributed by atoms with E-state index in [2.05, 4.69) is 34.6 Å². The monoisotopic (exact) mass is 307 g/mol. The highest BCUT2D eigenvalue weighted by molar-refractivity contribution is 6.18. The van der Waals surface area contributed by atoms with Crippen LogP contribution in [0.1, 0.15) is 25.6 Å². The molecule has 114 valence electrons. The van der Waals surface area contributed by atoms with Crippen molar-refractivity contribution in [2.24, 2.45) is 7.05 Å². The molecular weight excluding hydrogens is 286 g/mol. The normalized spacial score (nSPS) is 11.0. The lowest BCUT2D eigenvalue weighted by atomic mass is 10.2. The Bertz CT molecular complexity index is 609. The lowest BCUT2D eigenvalue weighted by Crippen LogP contribution is -2.24. The van der Waals surface area contributed by atoms with E-state index in [-0.39, 0.29) is 0 Å². The third-order valence-corrected chi connectivity index (χ3v) is 3.95. The van der Waals surface area contributed by atoms with Crippen molar-refractivity contribution in [3.05, 3.63) is 24.0 Å². The highest BCUT2D eigenvalue weighted by atomic mass is 35.5. The van der Waals surface area contributed by atoms with Gasteiger partial charge >= 0.3 is 0 Å². The number of imidazole rings is 1. The third kappa shape index (κ3) is 3.56. The average molecular weight is 308 g/mol. The summed E-state index contributed by atoms with van der Waals surface area (Å²) in [5, 5.41) is 0. The number of alkyl halides is 1. The number of benzene rings is 1. The zero-order chi connectivity index (χ0) is 15.2. The summed E-state index contributed by atoms with van der Waals surface area (Å²) in [5.41, 5.74) is 3.29. The number of aldehydes is 1. The molecule has 0 spiro atoms. The first-order chi connectivity index (χ1) is 10.2. The van der Waals surface area contributed by atoms with Crippen LogP contribution in [0.2, 0.25) is 0 Å². The van der Waals surface area contributed by atoms with Gasteiger partial charge in [0, 0.05) is 44.5 Å². The number of hydrogen-bond acceptors (Lipinski definition) is 3. The predicted octanol–water partition coefficient (Wildman–Crippen LogP) is 3.16. The van der Waals surface area contributed by atoms with Crippen molar-refractivity contribution in [3.8, 4) is 0 Å². The zero-order valence-corrected chi connectivity index (χ0v) is 13.4. The molecule has 0 atom stereocenters. The van der Waals surface area contributed by atoms with Crippen molar-refractivity contribution in [2.45, 2.75) is 26.2 Å². The first-order valence-corrected chi connectivity index (χ1v) is 7.94. The fourth-order valence-corrected chi connectivity index (χ4v) is 2.78. The fourth-order valence-electron chi connectivity index (χ4n) is 2.57. The summed E-state index contributed by atoms with van der Waals surface area (Å²) < 4.78 is 2.11. The number of aryl methyl sites for hydroxylation is 2. The van der Waals surface area contributed by atoms with Crippen LogP contribution in [0, 0.1) is 0 Å². The SMILES string of the molecule is CCN(CCCl)c1ccc2c(c1)nc(CCCC=O)n2C. The Morgan fingerprint density at radius 2 is 2.24 bits per heavy atom. The molecular formula is C16H22ClN3O. The molecule has 0 saturated heterocycles. The number of anilines is 1. The van der Waals surface area contributed by atoms with Crippen LogP contribution >= 0.6 is 11.6 Å². The number of aromatic nitrogens is 2. The topological polar surface area (TPSA) is 38.1 Å². The number of nitrogens with zero attached hydrogens (tertiary/aromatic N) is 3. The van der Waals surface area contributed by atoms with Gasteiger partial charge < -0.3 is 14.3 Å². The molecule has 0 aliphatic rings. The maximum absolute atomic E-state index is 10.4. The lowest BCUT2D eigenvalue weighted by molar-refractivity contribution is -0.107. The first-order valence-electron chi connectivity index (χ1n) is 7.41. The molecule has 1 aromatic carbocycles. The second-order valence-corrected chi connectivity index (χ2v) is 5.47. The summed E-state index contributed by atoms with van der Waals surface area (Å²) in [6.07, 6.45) is 3.24. The molecule has 0 saturated carbocycles. The zero-order valence-electron chi connectivity index (χ0n) is 12.7. The Morgan fingerprint density at radius 3 is 2.90 bits per heavy atom. The minimum absolute atomic E-state index is 0.591. The summed E-state index contributed by atoms with van der Waals surface area (Å²) in [5.74, 6) is 1.65. The summed E-state index contributed by atoms with van der Waals surface area (Å²) in [4.78, 5) is 17.4. The standard InChI is InChI=1S/C16H22ClN3O/c1-3-20(10-9-17)13-7-8-15-14(12-13)18-16(19(15)2)6-4-5-11-21/h7-8,11-12H,3-6,9-10H2,1-2H3. The van der Waals surface area contributed by atoms with Crippen LogP contribution in [-0.2, 0) is 18.3 Å². The van der Waals surface area contributed by atoms with E-state index in [1.54, 1.807) is 0 Å². The van der Waals surface area contributed by atoms with Crippen LogP contribution in [0.25, 0.3) is 11.0 Å². The molecule has 0 aliphatic carbocycles. The maximum Gasteiger partial charge on any atom is 0.120 e. The van der Waals surface area contributed by atoms with Crippen molar-refractivity contribution in [3.63, 3.8) is 0 Å². The minimum Gasteiger partial charge on any atom is -0.371 e. The number of rotatable bonds is 8. The number of hydrogen-bond donors (Lipinski definition) is 0. The maximum atomic E-state index is 10.4. The summed E-state index contributed by atoms with van der Waals surface area (Å²) in [6, 6.07) is 6.35. The van der Waals surface area contributed by atoms with Gasteiger partial charge in [-0.1, -0.05) is 0 Å². The molecule has 0 amide bonds. The van der Waals surface area contributed by atoms with Crippen molar-refractivity contribution in [1.29, 1.82) is 0 Å². The number of carbonyl (C=O) groups excluding carboxylic acids is 1. The van der Waals surface area contributed by atoms with Gasteiger partial charge in [0.2, 0.25) is 0 Å². The van der Waals surface area contributed by atoms with E-state index in [1.165, 1.54) is 0 Å². The first kappa shape index (κ1) is 15.8. The van der Waals surface area contributed by atoms with E-state index in [1.807, 2.05) is 7.05 Å². The Hall–Kier alpha value is -1.55. The molecule has 1 heterocycles. The van der Waals surface area contributed by atoms with Crippen molar-refractivity contribution in [1.82, 2.24) is 9.55 Å². The van der Waals surface area contributed by atoms with E-state index in [4.69, 9.17) is 16.6 Å². The van der Waals surface area contributed by atoms with Crippen molar-refractivity contribution >= 4 is 34.6 Å². The quantitative estimate of drug-likeness (QED) is 0.427. The molecule has 0 fully saturated rings. The summed E-state index contributed by atoms with van der Waals surface area (Å²) >= 11 is 5.85. The Kier molecular flexibility index (Phi) is 5.62. The number of carbonyl (C=O) groups is 1. The predicted molar refractivity (Wildman–Crippen MR) is 88.3 cm³/mol. The molecule has 2 aromatic rings. The summed E-state index contributed by atoms with van der Waals surface area (Å²) in [7, 11) is 2.03. The highest BCUT2D eigenvalue weighted by Crippen LogP contribution is 2.23. The van der Waals surface area contributed by atoms with E-state index in [9.17, 15) is 4.79 Å². The van der Waals surface area contributed by atoms with Gasteiger partial charge in [-0.15, -0.1) is 11.6 Å². The van der Waals surface area contributed by atoms with Crippen LogP contribution in [0.5, 0.6) is 0 Å². The van der Waals surface area contributed by atoms with Crippen LogP contribution in [0.3, 0.4) is 0 Å². The van der Waals surface area contributed by atoms with E-state index in [0.717, 1.165) is 54.8 Å². The van der Waals surface area contributed by atoms with Crippen molar-refractivity contribution in [2.75, 3.05) is 23.9 Å². The molecule has 0 aliphatic heterocycles. The van der Waals surface area contributed by atoms with Gasteiger partial charge in [0.15, 0.2) is 0 Å². The second-order valence-electron chi connectivity index (χ2n) is 5.09. The minimum atomic E-state index is 0.591. The lowest BCUT2D eigenvalue weighted by Gasteiger charge is -2.21. The molecule has 2 rings (SSSR count). The Morgan fingerprint density at radius 1 is 1.43 bits per heavy atom. The van der Waals surface area contributed by atoms with Crippen LogP contribution in [0.15, 0.2) is 18.2 Å². The smallest absolute Gasteiger partial charge is 0.120 e. The highest BCUT2D eigenvalue weighted by Gasteiger charge is 2.10. The number of halogens is 1. The average Bonchev–Trinajstić information content (AvgIpc) is 2.81. The van der Waals surface area contributed by atoms with Crippen LogP contribution in [0.4, 0.5) is 5.69 Å². The fraction of sp³-hybridized carbons (Fsp3) is 0.500.